The molecule has 210 valence electrons. The monoisotopic (exact) mass is 558 g/mol. The molecule has 1 saturated carbocycles. The largest absolute Gasteiger partial charge is 0.497 e. The highest BCUT2D eigenvalue weighted by Crippen LogP contribution is 2.47. The molecule has 1 aliphatic carbocycles. The molecule has 6 rings (SSSR count). The van der Waals surface area contributed by atoms with Crippen LogP contribution in [0.15, 0.2) is 66.0 Å². The van der Waals surface area contributed by atoms with Gasteiger partial charge in [0.15, 0.2) is 0 Å². The summed E-state index contributed by atoms with van der Waals surface area (Å²) in [6, 6.07) is 20.0. The lowest BCUT2D eigenvalue weighted by atomic mass is 9.80. The first kappa shape index (κ1) is 26.8. The van der Waals surface area contributed by atoms with Gasteiger partial charge in [-0.25, -0.2) is 0 Å². The van der Waals surface area contributed by atoms with E-state index < -0.39 is 5.92 Å². The van der Waals surface area contributed by atoms with Crippen LogP contribution in [0.5, 0.6) is 5.75 Å². The fourth-order valence-corrected chi connectivity index (χ4v) is 7.51. The van der Waals surface area contributed by atoms with Gasteiger partial charge >= 0.3 is 0 Å². The van der Waals surface area contributed by atoms with Crippen LogP contribution in [0.1, 0.15) is 58.4 Å². The maximum Gasteiger partial charge on any atom is 0.254 e. The maximum absolute atomic E-state index is 14.0. The molecule has 2 aromatic carbocycles. The number of rotatable bonds is 8. The molecule has 2 amide bonds. The molecule has 40 heavy (non-hydrogen) atoms. The van der Waals surface area contributed by atoms with E-state index in [2.05, 4.69) is 38.2 Å². The van der Waals surface area contributed by atoms with Gasteiger partial charge in [0.1, 0.15) is 5.75 Å². The van der Waals surface area contributed by atoms with Crippen LogP contribution in [0.2, 0.25) is 0 Å². The number of fused-ring (bicyclic) bond motifs is 1. The topological polar surface area (TPSA) is 65.1 Å². The summed E-state index contributed by atoms with van der Waals surface area (Å²) in [5.74, 6) is 0.536. The highest BCUT2D eigenvalue weighted by Gasteiger charge is 2.47. The molecule has 0 radical (unpaired) electrons. The summed E-state index contributed by atoms with van der Waals surface area (Å²) in [5, 5.41) is 5.32. The summed E-state index contributed by atoms with van der Waals surface area (Å²) < 4.78 is 5.28. The number of hydrogen-bond acceptors (Lipinski definition) is 6. The third-order valence-electron chi connectivity index (χ3n) is 8.75. The molecule has 3 aliphatic rings. The third kappa shape index (κ3) is 5.34. The van der Waals surface area contributed by atoms with E-state index in [0.29, 0.717) is 12.1 Å². The molecule has 0 bridgehead atoms. The zero-order valence-electron chi connectivity index (χ0n) is 23.1. The second-order valence-electron chi connectivity index (χ2n) is 11.0. The van der Waals surface area contributed by atoms with Gasteiger partial charge in [0.25, 0.3) is 5.91 Å². The van der Waals surface area contributed by atoms with Gasteiger partial charge in [0.05, 0.1) is 19.1 Å². The smallest absolute Gasteiger partial charge is 0.254 e. The predicted molar refractivity (Wildman–Crippen MR) is 159 cm³/mol. The second-order valence-corrected chi connectivity index (χ2v) is 12.0. The number of nitrogens with zero attached hydrogens (tertiary/aromatic N) is 3. The number of carbonyl (C=O) groups is 2. The van der Waals surface area contributed by atoms with Crippen LogP contribution in [0.25, 0.3) is 0 Å². The molecule has 0 spiro atoms. The van der Waals surface area contributed by atoms with Gasteiger partial charge in [0, 0.05) is 61.4 Å². The van der Waals surface area contributed by atoms with Crippen molar-refractivity contribution in [2.75, 3.05) is 51.3 Å². The first-order chi connectivity index (χ1) is 19.6. The van der Waals surface area contributed by atoms with Crippen LogP contribution in [0, 0.1) is 0 Å². The number of nitrogens with one attached hydrogen (secondary N) is 1. The van der Waals surface area contributed by atoms with Crippen molar-refractivity contribution in [3.8, 4) is 5.75 Å². The Morgan fingerprint density at radius 1 is 0.975 bits per heavy atom. The number of methoxy groups -OCH3 is 1. The van der Waals surface area contributed by atoms with Crippen molar-refractivity contribution < 1.29 is 14.3 Å². The minimum absolute atomic E-state index is 0.0122. The number of piperazine rings is 1. The first-order valence-electron chi connectivity index (χ1n) is 14.5. The maximum atomic E-state index is 14.0. The minimum atomic E-state index is -0.417. The molecule has 2 atom stereocenters. The lowest BCUT2D eigenvalue weighted by Gasteiger charge is -2.44. The highest BCUT2D eigenvalue weighted by molar-refractivity contribution is 7.10. The van der Waals surface area contributed by atoms with Crippen LogP contribution in [-0.2, 0) is 4.79 Å². The van der Waals surface area contributed by atoms with E-state index in [0.717, 1.165) is 74.6 Å². The molecule has 2 aliphatic heterocycles. The van der Waals surface area contributed by atoms with E-state index in [1.54, 1.807) is 18.4 Å². The molecule has 1 aromatic heterocycles. The Kier molecular flexibility index (Phi) is 8.07. The Hall–Kier alpha value is -3.36. The summed E-state index contributed by atoms with van der Waals surface area (Å²) in [7, 11) is 1.69. The van der Waals surface area contributed by atoms with Crippen LogP contribution >= 0.6 is 11.3 Å². The Morgan fingerprint density at radius 2 is 1.73 bits per heavy atom. The Balaban J connectivity index is 1.13. The fraction of sp³-hybridized carbons (Fsp3) is 0.438. The van der Waals surface area contributed by atoms with Crippen LogP contribution < -0.4 is 15.0 Å². The summed E-state index contributed by atoms with van der Waals surface area (Å²) in [6.45, 7) is 5.22. The normalized spacial score (nSPS) is 21.9. The molecular formula is C32H38N4O3S. The van der Waals surface area contributed by atoms with Crippen LogP contribution in [0.3, 0.4) is 0 Å². The average Bonchev–Trinajstić information content (AvgIpc) is 3.73. The van der Waals surface area contributed by atoms with Gasteiger partial charge in [0.2, 0.25) is 5.91 Å². The lowest BCUT2D eigenvalue weighted by molar-refractivity contribution is -0.124. The quantitative estimate of drug-likeness (QED) is 0.425. The van der Waals surface area contributed by atoms with Crippen molar-refractivity contribution in [2.45, 2.75) is 43.7 Å². The zero-order valence-corrected chi connectivity index (χ0v) is 23.9. The van der Waals surface area contributed by atoms with E-state index in [4.69, 9.17) is 4.74 Å². The van der Waals surface area contributed by atoms with Crippen molar-refractivity contribution in [3.63, 3.8) is 0 Å². The molecule has 8 heteroatoms. The highest BCUT2D eigenvalue weighted by atomic mass is 32.1. The number of hydrogen-bond donors (Lipinski definition) is 1. The van der Waals surface area contributed by atoms with Crippen molar-refractivity contribution in [2.24, 2.45) is 0 Å². The molecule has 1 N–H and O–H groups in total. The number of thiophene rings is 1. The molecule has 2 fully saturated rings. The van der Waals surface area contributed by atoms with Gasteiger partial charge in [-0.3, -0.25) is 14.5 Å². The summed E-state index contributed by atoms with van der Waals surface area (Å²) in [6.07, 6.45) is 4.28. The Labute approximate surface area is 240 Å². The number of anilines is 1. The van der Waals surface area contributed by atoms with Gasteiger partial charge in [-0.2, -0.15) is 0 Å². The molecule has 3 heterocycles. The van der Waals surface area contributed by atoms with Crippen molar-refractivity contribution in [1.82, 2.24) is 15.1 Å². The van der Waals surface area contributed by atoms with Gasteiger partial charge in [-0.15, -0.1) is 11.3 Å². The second kappa shape index (κ2) is 12.0. The zero-order chi connectivity index (χ0) is 27.5. The standard InChI is InChI=1S/C32H38N4O3S/c1-39-25-14-12-23(13-15-25)35-20-18-34(19-21-35)17-16-33-31(37)29-26-9-4-5-10-27(26)32(38)36(24-7-2-3-8-24)30(29)28-11-6-22-40-28/h4-6,9-15,22,24,29-30H,2-3,7-8,16-21H2,1H3,(H,33,37). The number of ether oxygens (including phenoxy) is 1. The summed E-state index contributed by atoms with van der Waals surface area (Å²) >= 11 is 1.64. The van der Waals surface area contributed by atoms with E-state index in [9.17, 15) is 9.59 Å². The van der Waals surface area contributed by atoms with Crippen molar-refractivity contribution in [1.29, 1.82) is 0 Å². The van der Waals surface area contributed by atoms with Crippen LogP contribution in [-0.4, -0.2) is 74.0 Å². The SMILES string of the molecule is COc1ccc(N2CCN(CCNC(=O)C3c4ccccc4C(=O)N(C4CCCC4)C3c3cccs3)CC2)cc1. The lowest BCUT2D eigenvalue weighted by Crippen LogP contribution is -2.52. The number of carbonyl (C=O) groups excluding carboxylic acids is 2. The molecule has 7 nitrogen and oxygen atoms in total. The summed E-state index contributed by atoms with van der Waals surface area (Å²) in [5.41, 5.74) is 2.74. The summed E-state index contributed by atoms with van der Waals surface area (Å²) in [4.78, 5) is 35.8. The van der Waals surface area contributed by atoms with Gasteiger partial charge < -0.3 is 19.9 Å². The molecule has 2 unspecified atom stereocenters. The van der Waals surface area contributed by atoms with E-state index in [-0.39, 0.29) is 23.9 Å². The van der Waals surface area contributed by atoms with Crippen molar-refractivity contribution >= 4 is 28.8 Å². The molecule has 3 aromatic rings. The third-order valence-corrected chi connectivity index (χ3v) is 9.69. The number of benzene rings is 2. The van der Waals surface area contributed by atoms with Crippen molar-refractivity contribution in [3.05, 3.63) is 82.0 Å². The van der Waals surface area contributed by atoms with Crippen LogP contribution in [0.4, 0.5) is 5.69 Å². The van der Waals surface area contributed by atoms with E-state index >= 15 is 0 Å². The Morgan fingerprint density at radius 3 is 2.42 bits per heavy atom. The Bertz CT molecular complexity index is 1300. The first-order valence-corrected chi connectivity index (χ1v) is 15.4. The number of amides is 2. The minimum Gasteiger partial charge on any atom is -0.497 e. The molecular weight excluding hydrogens is 520 g/mol. The average molecular weight is 559 g/mol. The van der Waals surface area contributed by atoms with E-state index in [1.807, 2.05) is 47.8 Å². The predicted octanol–water partition coefficient (Wildman–Crippen LogP) is 4.92. The van der Waals surface area contributed by atoms with Gasteiger partial charge in [-0.1, -0.05) is 37.1 Å². The fourth-order valence-electron chi connectivity index (χ4n) is 6.65. The van der Waals surface area contributed by atoms with E-state index in [1.165, 1.54) is 5.69 Å². The molecule has 1 saturated heterocycles. The van der Waals surface area contributed by atoms with Gasteiger partial charge in [-0.05, 0) is 60.2 Å².